The Bertz CT molecular complexity index is 2300. The fourth-order valence-electron chi connectivity index (χ4n) is 7.43. The van der Waals surface area contributed by atoms with Gasteiger partial charge in [-0.15, -0.1) is 0 Å². The lowest BCUT2D eigenvalue weighted by Gasteiger charge is -2.31. The van der Waals surface area contributed by atoms with Crippen LogP contribution in [-0.4, -0.2) is 93.5 Å². The summed E-state index contributed by atoms with van der Waals surface area (Å²) in [6.07, 6.45) is -8.05. The molecule has 64 heavy (non-hydrogen) atoms. The van der Waals surface area contributed by atoms with Crippen LogP contribution in [0.2, 0.25) is 0 Å². The van der Waals surface area contributed by atoms with Crippen molar-refractivity contribution in [1.29, 1.82) is 0 Å². The predicted molar refractivity (Wildman–Crippen MR) is 237 cm³/mol. The summed E-state index contributed by atoms with van der Waals surface area (Å²) in [6.45, 7) is 3.86. The first kappa shape index (κ1) is 47.1. The Morgan fingerprint density at radius 1 is 0.656 bits per heavy atom. The van der Waals surface area contributed by atoms with Crippen LogP contribution >= 0.6 is 0 Å². The third kappa shape index (κ3) is 12.4. The van der Waals surface area contributed by atoms with Gasteiger partial charge in [-0.25, -0.2) is 4.79 Å². The van der Waals surface area contributed by atoms with Crippen LogP contribution in [0.25, 0.3) is 11.1 Å². The topological polar surface area (TPSA) is 213 Å². The number of fused-ring (bicyclic) bond motifs is 3. The number of nitrogens with one attached hydrogen (secondary N) is 3. The number of amides is 3. The van der Waals surface area contributed by atoms with Crippen LogP contribution in [0.1, 0.15) is 72.7 Å². The van der Waals surface area contributed by atoms with E-state index in [1.54, 1.807) is 51.1 Å². The van der Waals surface area contributed by atoms with Crippen molar-refractivity contribution < 1.29 is 53.8 Å². The molecule has 0 saturated carbocycles. The van der Waals surface area contributed by atoms with Gasteiger partial charge < -0.3 is 50.6 Å². The SMILES string of the molecule is CC(C)(C)OC[C@H](NC(=O)OCc1cccc2c1Cc1ccccc1-2)C(=O)N[C@@H](CO)[C@@H](O)[C@@H](O)[C@H](O)C(=O)N[C@@H](CC(=O)OC(c1ccccc1)c1ccccc1)c1ccccc1. The van der Waals surface area contributed by atoms with Crippen LogP contribution in [0.15, 0.2) is 133 Å². The van der Waals surface area contributed by atoms with Crippen LogP contribution in [0.5, 0.6) is 0 Å². The molecular formula is C50H55N3O11. The van der Waals surface area contributed by atoms with E-state index >= 15 is 0 Å². The van der Waals surface area contributed by atoms with Crippen LogP contribution in [0, 0.1) is 0 Å². The summed E-state index contributed by atoms with van der Waals surface area (Å²) >= 11 is 0. The van der Waals surface area contributed by atoms with Gasteiger partial charge in [-0.1, -0.05) is 133 Å². The second kappa shape index (κ2) is 21.8. The van der Waals surface area contributed by atoms with Crippen molar-refractivity contribution in [1.82, 2.24) is 16.0 Å². The van der Waals surface area contributed by atoms with Gasteiger partial charge in [-0.2, -0.15) is 0 Å². The van der Waals surface area contributed by atoms with Crippen molar-refractivity contribution in [2.24, 2.45) is 0 Å². The molecule has 14 nitrogen and oxygen atoms in total. The summed E-state index contributed by atoms with van der Waals surface area (Å²) < 4.78 is 17.3. The number of ether oxygens (including phenoxy) is 3. The van der Waals surface area contributed by atoms with E-state index in [0.29, 0.717) is 12.0 Å². The summed E-state index contributed by atoms with van der Waals surface area (Å²) in [7, 11) is 0. The highest BCUT2D eigenvalue weighted by Crippen LogP contribution is 2.38. The number of aliphatic hydroxyl groups is 4. The van der Waals surface area contributed by atoms with Gasteiger partial charge in [-0.3, -0.25) is 14.4 Å². The van der Waals surface area contributed by atoms with Crippen molar-refractivity contribution in [2.75, 3.05) is 13.2 Å². The van der Waals surface area contributed by atoms with Crippen molar-refractivity contribution in [2.45, 2.75) is 88.4 Å². The standard InChI is InChI=1S/C50H55N3O11/c1-50(2,3)63-30-41(53-49(61)62-29-35-23-15-25-37-36-24-14-13-22-34(36)26-38(35)37)47(59)52-40(28-54)43(56)44(57)45(58)48(60)51-39(31-16-7-4-8-17-31)27-42(55)64-46(32-18-9-5-10-19-32)33-20-11-6-12-21-33/h4-25,39-41,43-46,54,56-58H,26-30H2,1-3H3,(H,51,60)(H,52,59)(H,53,61)/t39-,40-,41-,43+,44+,45-/m0/s1. The number of hydrogen-bond acceptors (Lipinski definition) is 11. The zero-order chi connectivity index (χ0) is 45.8. The van der Waals surface area contributed by atoms with Gasteiger partial charge >= 0.3 is 12.1 Å². The molecule has 3 amide bonds. The van der Waals surface area contributed by atoms with Crippen LogP contribution < -0.4 is 16.0 Å². The number of carbonyl (C=O) groups excluding carboxylic acids is 4. The highest BCUT2D eigenvalue weighted by atomic mass is 16.6. The number of esters is 1. The first-order chi connectivity index (χ1) is 30.7. The minimum atomic E-state index is -2.30. The van der Waals surface area contributed by atoms with Crippen LogP contribution in [-0.2, 0) is 41.6 Å². The minimum Gasteiger partial charge on any atom is -0.452 e. The summed E-state index contributed by atoms with van der Waals surface area (Å²) in [5, 5.41) is 51.0. The van der Waals surface area contributed by atoms with E-state index in [2.05, 4.69) is 16.0 Å². The van der Waals surface area contributed by atoms with E-state index < -0.39 is 78.6 Å². The molecule has 0 aliphatic heterocycles. The summed E-state index contributed by atoms with van der Waals surface area (Å²) in [6, 6.07) is 36.4. The van der Waals surface area contributed by atoms with Gasteiger partial charge in [0.1, 0.15) is 24.9 Å². The van der Waals surface area contributed by atoms with E-state index in [9.17, 15) is 39.6 Å². The number of aliphatic hydroxyl groups excluding tert-OH is 4. The molecule has 7 N–H and O–H groups in total. The molecule has 14 heteroatoms. The monoisotopic (exact) mass is 873 g/mol. The normalized spacial score (nSPS) is 14.8. The lowest BCUT2D eigenvalue weighted by Crippen LogP contribution is -2.60. The van der Waals surface area contributed by atoms with E-state index in [1.807, 2.05) is 103 Å². The molecule has 1 aliphatic rings. The molecule has 0 spiro atoms. The maximum absolute atomic E-state index is 13.7. The fraction of sp³-hybridized carbons (Fsp3) is 0.320. The quantitative estimate of drug-likeness (QED) is 0.0549. The Kier molecular flexibility index (Phi) is 16.0. The largest absolute Gasteiger partial charge is 0.452 e. The molecule has 0 bridgehead atoms. The molecule has 6 rings (SSSR count). The Balaban J connectivity index is 1.08. The zero-order valence-corrected chi connectivity index (χ0v) is 35.9. The molecule has 5 aromatic carbocycles. The molecule has 0 fully saturated rings. The smallest absolute Gasteiger partial charge is 0.408 e. The maximum Gasteiger partial charge on any atom is 0.408 e. The van der Waals surface area contributed by atoms with Gasteiger partial charge in [0.2, 0.25) is 5.91 Å². The third-order valence-corrected chi connectivity index (χ3v) is 10.8. The van der Waals surface area contributed by atoms with E-state index in [0.717, 1.165) is 38.9 Å². The van der Waals surface area contributed by atoms with Gasteiger partial charge in [0, 0.05) is 0 Å². The number of alkyl carbamates (subject to hydrolysis) is 1. The second-order valence-electron chi connectivity index (χ2n) is 16.6. The summed E-state index contributed by atoms with van der Waals surface area (Å²) in [4.78, 5) is 53.9. The second-order valence-corrected chi connectivity index (χ2v) is 16.6. The number of hydrogen-bond donors (Lipinski definition) is 7. The third-order valence-electron chi connectivity index (χ3n) is 10.8. The Morgan fingerprint density at radius 2 is 1.23 bits per heavy atom. The van der Waals surface area contributed by atoms with Gasteiger partial charge in [0.15, 0.2) is 12.2 Å². The molecule has 0 unspecified atom stereocenters. The van der Waals surface area contributed by atoms with Crippen molar-refractivity contribution in [3.63, 3.8) is 0 Å². The average molecular weight is 874 g/mol. The Morgan fingerprint density at radius 3 is 1.84 bits per heavy atom. The van der Waals surface area contributed by atoms with Crippen molar-refractivity contribution in [3.05, 3.63) is 167 Å². The summed E-state index contributed by atoms with van der Waals surface area (Å²) in [5.74, 6) is -2.76. The minimum absolute atomic E-state index is 0.0875. The first-order valence-corrected chi connectivity index (χ1v) is 21.1. The maximum atomic E-state index is 13.7. The average Bonchev–Trinajstić information content (AvgIpc) is 3.69. The molecular weight excluding hydrogens is 819 g/mol. The molecule has 1 aliphatic carbocycles. The van der Waals surface area contributed by atoms with Gasteiger partial charge in [-0.05, 0) is 71.7 Å². The fourth-order valence-corrected chi connectivity index (χ4v) is 7.43. The number of benzene rings is 5. The molecule has 0 saturated heterocycles. The lowest BCUT2D eigenvalue weighted by atomic mass is 9.98. The molecule has 336 valence electrons. The van der Waals surface area contributed by atoms with Crippen molar-refractivity contribution >= 4 is 23.9 Å². The van der Waals surface area contributed by atoms with Crippen molar-refractivity contribution in [3.8, 4) is 11.1 Å². The van der Waals surface area contributed by atoms with Crippen LogP contribution in [0.3, 0.4) is 0 Å². The van der Waals surface area contributed by atoms with Gasteiger partial charge in [0.05, 0.1) is 37.3 Å². The Labute approximate surface area is 372 Å². The van der Waals surface area contributed by atoms with E-state index in [4.69, 9.17) is 14.2 Å². The number of rotatable bonds is 19. The molecule has 6 atom stereocenters. The van der Waals surface area contributed by atoms with Crippen LogP contribution in [0.4, 0.5) is 4.79 Å². The highest BCUT2D eigenvalue weighted by molar-refractivity contribution is 5.86. The number of carbonyl (C=O) groups is 4. The van der Waals surface area contributed by atoms with E-state index in [1.165, 1.54) is 0 Å². The predicted octanol–water partition coefficient (Wildman–Crippen LogP) is 4.81. The molecule has 0 aromatic heterocycles. The lowest BCUT2D eigenvalue weighted by molar-refractivity contribution is -0.149. The highest BCUT2D eigenvalue weighted by Gasteiger charge is 2.38. The molecule has 5 aromatic rings. The van der Waals surface area contributed by atoms with Gasteiger partial charge in [0.25, 0.3) is 5.91 Å². The molecule has 0 radical (unpaired) electrons. The first-order valence-electron chi connectivity index (χ1n) is 21.1. The van der Waals surface area contributed by atoms with E-state index in [-0.39, 0.29) is 19.6 Å². The summed E-state index contributed by atoms with van der Waals surface area (Å²) in [5.41, 5.74) is 6.35. The zero-order valence-electron chi connectivity index (χ0n) is 35.9. The molecule has 0 heterocycles. The Hall–Kier alpha value is -6.42.